The Bertz CT molecular complexity index is 543. The van der Waals surface area contributed by atoms with E-state index in [9.17, 15) is 0 Å². The fourth-order valence-corrected chi connectivity index (χ4v) is 2.62. The van der Waals surface area contributed by atoms with Gasteiger partial charge in [0.2, 0.25) is 0 Å². The molecule has 1 unspecified atom stereocenters. The molecule has 3 heteroatoms. The molecule has 0 amide bonds. The second-order valence-electron chi connectivity index (χ2n) is 5.46. The summed E-state index contributed by atoms with van der Waals surface area (Å²) in [7, 11) is 0. The van der Waals surface area contributed by atoms with E-state index < -0.39 is 0 Å². The number of rotatable bonds is 6. The van der Waals surface area contributed by atoms with Crippen molar-refractivity contribution in [3.63, 3.8) is 0 Å². The first-order chi connectivity index (χ1) is 9.38. The van der Waals surface area contributed by atoms with Crippen molar-refractivity contribution in [2.45, 2.75) is 38.6 Å². The summed E-state index contributed by atoms with van der Waals surface area (Å²) in [5, 5.41) is 3.68. The van der Waals surface area contributed by atoms with E-state index in [2.05, 4.69) is 34.3 Å². The Labute approximate surface area is 114 Å². The van der Waals surface area contributed by atoms with Crippen LogP contribution in [0, 0.1) is 5.92 Å². The zero-order valence-electron chi connectivity index (χ0n) is 11.5. The van der Waals surface area contributed by atoms with Crippen LogP contribution < -0.4 is 5.32 Å². The van der Waals surface area contributed by atoms with Crippen molar-refractivity contribution >= 4 is 11.0 Å². The third kappa shape index (κ3) is 2.92. The van der Waals surface area contributed by atoms with Crippen LogP contribution in [0.25, 0.3) is 11.0 Å². The second kappa shape index (κ2) is 5.66. The summed E-state index contributed by atoms with van der Waals surface area (Å²) < 4.78 is 0. The summed E-state index contributed by atoms with van der Waals surface area (Å²) in [6, 6.07) is 6.76. The molecule has 1 aromatic carbocycles. The summed E-state index contributed by atoms with van der Waals surface area (Å²) in [5.74, 6) is 0.904. The van der Waals surface area contributed by atoms with Gasteiger partial charge in [-0.2, -0.15) is 0 Å². The molecule has 1 fully saturated rings. The molecule has 1 atom stereocenters. The number of aromatic nitrogens is 2. The molecule has 1 aliphatic rings. The Morgan fingerprint density at radius 2 is 2.11 bits per heavy atom. The van der Waals surface area contributed by atoms with Crippen LogP contribution in [-0.2, 0) is 0 Å². The summed E-state index contributed by atoms with van der Waals surface area (Å²) in [4.78, 5) is 8.94. The molecule has 1 heterocycles. The molecule has 1 saturated carbocycles. The first kappa shape index (κ1) is 12.5. The van der Waals surface area contributed by atoms with Crippen molar-refractivity contribution in [1.29, 1.82) is 0 Å². The Balaban J connectivity index is 1.93. The summed E-state index contributed by atoms with van der Waals surface area (Å²) in [6.07, 6.45) is 8.73. The maximum absolute atomic E-state index is 4.54. The molecule has 100 valence electrons. The van der Waals surface area contributed by atoms with Gasteiger partial charge in [0.15, 0.2) is 0 Å². The summed E-state index contributed by atoms with van der Waals surface area (Å²) in [5.41, 5.74) is 3.37. The number of nitrogens with zero attached hydrogens (tertiary/aromatic N) is 2. The van der Waals surface area contributed by atoms with Crippen molar-refractivity contribution in [3.05, 3.63) is 36.2 Å². The van der Waals surface area contributed by atoms with E-state index in [1.165, 1.54) is 24.8 Å². The van der Waals surface area contributed by atoms with Gasteiger partial charge in [-0.25, -0.2) is 0 Å². The topological polar surface area (TPSA) is 37.8 Å². The molecule has 0 aliphatic heterocycles. The minimum Gasteiger partial charge on any atom is -0.310 e. The first-order valence-corrected chi connectivity index (χ1v) is 7.31. The zero-order chi connectivity index (χ0) is 13.1. The van der Waals surface area contributed by atoms with Crippen LogP contribution in [0.4, 0.5) is 0 Å². The minimum absolute atomic E-state index is 0.424. The van der Waals surface area contributed by atoms with Crippen molar-refractivity contribution in [2.24, 2.45) is 5.92 Å². The SMILES string of the molecule is CCCNC(CC1CC1)c1cccc2nccnc12. The molecule has 1 aromatic heterocycles. The van der Waals surface area contributed by atoms with Gasteiger partial charge in [-0.3, -0.25) is 9.97 Å². The van der Waals surface area contributed by atoms with Gasteiger partial charge in [0.25, 0.3) is 0 Å². The molecular formula is C16H21N3. The smallest absolute Gasteiger partial charge is 0.0934 e. The molecule has 0 radical (unpaired) electrons. The monoisotopic (exact) mass is 255 g/mol. The predicted octanol–water partition coefficient (Wildman–Crippen LogP) is 3.47. The molecule has 0 saturated heterocycles. The first-order valence-electron chi connectivity index (χ1n) is 7.31. The highest BCUT2D eigenvalue weighted by molar-refractivity contribution is 5.78. The Kier molecular flexibility index (Phi) is 3.74. The normalized spacial score (nSPS) is 16.7. The maximum Gasteiger partial charge on any atom is 0.0934 e. The number of fused-ring (bicyclic) bond motifs is 1. The van der Waals surface area contributed by atoms with Crippen LogP contribution in [0.1, 0.15) is 44.2 Å². The Morgan fingerprint density at radius 1 is 1.26 bits per heavy atom. The van der Waals surface area contributed by atoms with Gasteiger partial charge in [0.05, 0.1) is 11.0 Å². The lowest BCUT2D eigenvalue weighted by atomic mass is 9.99. The van der Waals surface area contributed by atoms with Gasteiger partial charge < -0.3 is 5.32 Å². The van der Waals surface area contributed by atoms with E-state index >= 15 is 0 Å². The van der Waals surface area contributed by atoms with Crippen molar-refractivity contribution < 1.29 is 0 Å². The number of para-hydroxylation sites is 1. The second-order valence-corrected chi connectivity index (χ2v) is 5.46. The lowest BCUT2D eigenvalue weighted by Gasteiger charge is -2.19. The molecule has 1 N–H and O–H groups in total. The molecule has 0 bridgehead atoms. The number of hydrogen-bond acceptors (Lipinski definition) is 3. The van der Waals surface area contributed by atoms with E-state index in [1.807, 2.05) is 6.07 Å². The van der Waals surface area contributed by atoms with Crippen LogP contribution in [0.2, 0.25) is 0 Å². The number of nitrogens with one attached hydrogen (secondary N) is 1. The highest BCUT2D eigenvalue weighted by Gasteiger charge is 2.27. The average Bonchev–Trinajstić information content (AvgIpc) is 3.27. The fraction of sp³-hybridized carbons (Fsp3) is 0.500. The van der Waals surface area contributed by atoms with E-state index in [0.717, 1.165) is 29.9 Å². The molecule has 0 spiro atoms. The van der Waals surface area contributed by atoms with E-state index in [1.54, 1.807) is 12.4 Å². The van der Waals surface area contributed by atoms with Gasteiger partial charge in [-0.05, 0) is 36.9 Å². The number of hydrogen-bond donors (Lipinski definition) is 1. The van der Waals surface area contributed by atoms with Crippen LogP contribution in [0.5, 0.6) is 0 Å². The molecule has 3 nitrogen and oxygen atoms in total. The van der Waals surface area contributed by atoms with E-state index in [4.69, 9.17) is 0 Å². The molecule has 2 aromatic rings. The quantitative estimate of drug-likeness (QED) is 0.859. The zero-order valence-corrected chi connectivity index (χ0v) is 11.5. The van der Waals surface area contributed by atoms with Crippen LogP contribution >= 0.6 is 0 Å². The standard InChI is InChI=1S/C16H21N3/c1-2-8-17-15(11-12-6-7-12)13-4-3-5-14-16(13)19-10-9-18-14/h3-5,9-10,12,15,17H,2,6-8,11H2,1H3. The maximum atomic E-state index is 4.54. The van der Waals surface area contributed by atoms with Crippen molar-refractivity contribution in [1.82, 2.24) is 15.3 Å². The van der Waals surface area contributed by atoms with Gasteiger partial charge in [0, 0.05) is 18.4 Å². The van der Waals surface area contributed by atoms with Gasteiger partial charge in [-0.15, -0.1) is 0 Å². The van der Waals surface area contributed by atoms with Crippen molar-refractivity contribution in [3.8, 4) is 0 Å². The van der Waals surface area contributed by atoms with Crippen LogP contribution in [0.3, 0.4) is 0 Å². The Hall–Kier alpha value is -1.48. The third-order valence-corrected chi connectivity index (χ3v) is 3.81. The minimum atomic E-state index is 0.424. The van der Waals surface area contributed by atoms with Crippen LogP contribution in [0.15, 0.2) is 30.6 Å². The van der Waals surface area contributed by atoms with Gasteiger partial charge >= 0.3 is 0 Å². The van der Waals surface area contributed by atoms with Gasteiger partial charge in [0.1, 0.15) is 0 Å². The predicted molar refractivity (Wildman–Crippen MR) is 77.9 cm³/mol. The molecule has 3 rings (SSSR count). The van der Waals surface area contributed by atoms with Crippen LogP contribution in [-0.4, -0.2) is 16.5 Å². The summed E-state index contributed by atoms with van der Waals surface area (Å²) >= 11 is 0. The largest absolute Gasteiger partial charge is 0.310 e. The molecule has 19 heavy (non-hydrogen) atoms. The van der Waals surface area contributed by atoms with Gasteiger partial charge in [-0.1, -0.05) is 31.9 Å². The fourth-order valence-electron chi connectivity index (χ4n) is 2.62. The highest BCUT2D eigenvalue weighted by atomic mass is 14.9. The third-order valence-electron chi connectivity index (χ3n) is 3.81. The van der Waals surface area contributed by atoms with E-state index in [0.29, 0.717) is 6.04 Å². The lowest BCUT2D eigenvalue weighted by Crippen LogP contribution is -2.23. The average molecular weight is 255 g/mol. The van der Waals surface area contributed by atoms with Crippen molar-refractivity contribution in [2.75, 3.05) is 6.54 Å². The molecule has 1 aliphatic carbocycles. The highest BCUT2D eigenvalue weighted by Crippen LogP contribution is 2.38. The Morgan fingerprint density at radius 3 is 2.89 bits per heavy atom. The number of benzene rings is 1. The van der Waals surface area contributed by atoms with E-state index in [-0.39, 0.29) is 0 Å². The summed E-state index contributed by atoms with van der Waals surface area (Å²) in [6.45, 7) is 3.28. The lowest BCUT2D eigenvalue weighted by molar-refractivity contribution is 0.476. The molecular weight excluding hydrogens is 234 g/mol.